The van der Waals surface area contributed by atoms with Gasteiger partial charge in [0.1, 0.15) is 0 Å². The van der Waals surface area contributed by atoms with E-state index in [0.717, 1.165) is 31.4 Å². The predicted molar refractivity (Wildman–Crippen MR) is 103 cm³/mol. The molecule has 4 rings (SSSR count). The summed E-state index contributed by atoms with van der Waals surface area (Å²) < 4.78 is 40.2. The van der Waals surface area contributed by atoms with Crippen LogP contribution in [0.1, 0.15) is 22.6 Å². The molecule has 0 unspecified atom stereocenters. The van der Waals surface area contributed by atoms with Gasteiger partial charge in [0.15, 0.2) is 0 Å². The topological polar surface area (TPSA) is 34.0 Å². The largest absolute Gasteiger partial charge is 0.451 e. The van der Waals surface area contributed by atoms with E-state index in [0.29, 0.717) is 23.6 Å². The number of hydrogen-bond donors (Lipinski definition) is 0. The van der Waals surface area contributed by atoms with Crippen LogP contribution in [-0.4, -0.2) is 39.6 Å². The van der Waals surface area contributed by atoms with Gasteiger partial charge < -0.3 is 9.47 Å². The summed E-state index contributed by atoms with van der Waals surface area (Å²) in [7, 11) is 2.12. The summed E-state index contributed by atoms with van der Waals surface area (Å²) in [5.41, 5.74) is 4.41. The molecule has 3 heterocycles. The minimum atomic E-state index is -4.52. The average molecular weight is 409 g/mol. The van der Waals surface area contributed by atoms with Crippen LogP contribution in [0.3, 0.4) is 0 Å². The van der Waals surface area contributed by atoms with Crippen LogP contribution in [0.25, 0.3) is 10.9 Å². The highest BCUT2D eigenvalue weighted by atomic mass is 35.5. The number of fused-ring (bicyclic) bond motifs is 3. The molecule has 0 amide bonds. The van der Waals surface area contributed by atoms with E-state index >= 15 is 0 Å². The highest BCUT2D eigenvalue weighted by molar-refractivity contribution is 6.31. The van der Waals surface area contributed by atoms with Crippen LogP contribution in [0.2, 0.25) is 5.02 Å². The van der Waals surface area contributed by atoms with E-state index < -0.39 is 12.0 Å². The summed E-state index contributed by atoms with van der Waals surface area (Å²) >= 11 is 6.24. The molecular formula is C20H20ClF3N4. The van der Waals surface area contributed by atoms with Crippen LogP contribution >= 0.6 is 11.6 Å². The van der Waals surface area contributed by atoms with Gasteiger partial charge in [-0.2, -0.15) is 13.2 Å². The first-order valence-corrected chi connectivity index (χ1v) is 9.57. The third-order valence-corrected chi connectivity index (χ3v) is 5.54. The quantitative estimate of drug-likeness (QED) is 0.645. The number of halogens is 4. The summed E-state index contributed by atoms with van der Waals surface area (Å²) in [5, 5.41) is 1.88. The van der Waals surface area contributed by atoms with Crippen molar-refractivity contribution in [2.24, 2.45) is 0 Å². The number of nitrogens with zero attached hydrogens (tertiary/aromatic N) is 4. The van der Waals surface area contributed by atoms with Crippen molar-refractivity contribution in [1.82, 2.24) is 19.4 Å². The molecule has 28 heavy (non-hydrogen) atoms. The molecule has 3 aromatic rings. The number of alkyl halides is 3. The van der Waals surface area contributed by atoms with Crippen molar-refractivity contribution in [2.45, 2.75) is 32.0 Å². The minimum Gasteiger partial charge on any atom is -0.344 e. The summed E-state index contributed by atoms with van der Waals surface area (Å²) in [4.78, 5) is 9.24. The molecule has 0 radical (unpaired) electrons. The van der Waals surface area contributed by atoms with Crippen LogP contribution in [-0.2, 0) is 32.0 Å². The molecule has 2 aromatic heterocycles. The number of aromatic nitrogens is 3. The number of aryl methyl sites for hydroxylation is 2. The Balaban J connectivity index is 1.65. The normalized spacial score (nSPS) is 15.6. The minimum absolute atomic E-state index is 0.562. The fourth-order valence-corrected chi connectivity index (χ4v) is 4.02. The van der Waals surface area contributed by atoms with E-state index in [-0.39, 0.29) is 0 Å². The number of hydrogen-bond acceptors (Lipinski definition) is 3. The first kappa shape index (κ1) is 19.2. The van der Waals surface area contributed by atoms with Crippen LogP contribution in [0.15, 0.2) is 30.6 Å². The standard InChI is InChI=1S/C20H20ClF3N4/c1-27-7-5-15-16-10-14(21)2-3-17(16)28(18(15)6-8-27)9-4-13-11-25-19(26-12-13)20(22,23)24/h2-3,10-12H,4-9H2,1H3. The number of rotatable bonds is 3. The predicted octanol–water partition coefficient (Wildman–Crippen LogP) is 4.38. The Morgan fingerprint density at radius 3 is 2.54 bits per heavy atom. The van der Waals surface area contributed by atoms with E-state index in [1.165, 1.54) is 29.0 Å². The smallest absolute Gasteiger partial charge is 0.344 e. The van der Waals surface area contributed by atoms with Crippen molar-refractivity contribution >= 4 is 22.5 Å². The molecule has 4 nitrogen and oxygen atoms in total. The summed E-state index contributed by atoms with van der Waals surface area (Å²) in [6.07, 6.45) is 0.473. The molecule has 1 aliphatic heterocycles. The summed E-state index contributed by atoms with van der Waals surface area (Å²) in [6, 6.07) is 5.92. The second kappa shape index (κ2) is 7.37. The van der Waals surface area contributed by atoms with Crippen molar-refractivity contribution in [1.29, 1.82) is 0 Å². The molecule has 0 saturated heterocycles. The third-order valence-electron chi connectivity index (χ3n) is 5.31. The zero-order chi connectivity index (χ0) is 19.9. The maximum Gasteiger partial charge on any atom is 0.451 e. The van der Waals surface area contributed by atoms with Gasteiger partial charge in [0.05, 0.1) is 0 Å². The molecular weight excluding hydrogens is 389 g/mol. The molecule has 0 fully saturated rings. The molecule has 1 aromatic carbocycles. The Morgan fingerprint density at radius 1 is 1.11 bits per heavy atom. The fourth-order valence-electron chi connectivity index (χ4n) is 3.85. The van der Waals surface area contributed by atoms with Gasteiger partial charge in [0.25, 0.3) is 0 Å². The molecule has 0 spiro atoms. The maximum atomic E-state index is 12.7. The van der Waals surface area contributed by atoms with Crippen LogP contribution in [0, 0.1) is 0 Å². The van der Waals surface area contributed by atoms with Gasteiger partial charge in [0, 0.05) is 60.1 Å². The molecule has 0 atom stereocenters. The van der Waals surface area contributed by atoms with Crippen molar-refractivity contribution < 1.29 is 13.2 Å². The second-order valence-corrected chi connectivity index (χ2v) is 7.64. The van der Waals surface area contributed by atoms with Crippen molar-refractivity contribution in [3.63, 3.8) is 0 Å². The number of likely N-dealkylation sites (N-methyl/N-ethyl adjacent to an activating group) is 1. The van der Waals surface area contributed by atoms with Crippen molar-refractivity contribution in [2.75, 3.05) is 20.1 Å². The highest BCUT2D eigenvalue weighted by Gasteiger charge is 2.34. The van der Waals surface area contributed by atoms with E-state index in [2.05, 4.69) is 26.5 Å². The Hall–Kier alpha value is -2.12. The van der Waals surface area contributed by atoms with Crippen molar-refractivity contribution in [3.8, 4) is 0 Å². The first-order chi connectivity index (χ1) is 13.3. The molecule has 8 heteroatoms. The van der Waals surface area contributed by atoms with Gasteiger partial charge in [-0.05, 0) is 49.2 Å². The van der Waals surface area contributed by atoms with Crippen LogP contribution in [0.4, 0.5) is 13.2 Å². The Labute approximate surface area is 166 Å². The van der Waals surface area contributed by atoms with E-state index in [4.69, 9.17) is 11.6 Å². The molecule has 0 aliphatic carbocycles. The average Bonchev–Trinajstić information content (AvgIpc) is 2.79. The molecule has 0 saturated carbocycles. The lowest BCUT2D eigenvalue weighted by Gasteiger charge is -2.14. The summed E-state index contributed by atoms with van der Waals surface area (Å²) in [6.45, 7) is 2.62. The lowest BCUT2D eigenvalue weighted by atomic mass is 10.1. The maximum absolute atomic E-state index is 12.7. The SMILES string of the molecule is CN1CCc2c(n(CCc3cnc(C(F)(F)F)nc3)c3ccc(Cl)cc23)CC1. The van der Waals surface area contributed by atoms with Gasteiger partial charge in [-0.25, -0.2) is 9.97 Å². The Morgan fingerprint density at radius 2 is 1.82 bits per heavy atom. The lowest BCUT2D eigenvalue weighted by molar-refractivity contribution is -0.145. The van der Waals surface area contributed by atoms with Crippen LogP contribution < -0.4 is 0 Å². The van der Waals surface area contributed by atoms with Gasteiger partial charge in [0.2, 0.25) is 5.82 Å². The zero-order valence-corrected chi connectivity index (χ0v) is 16.2. The Bertz CT molecular complexity index is 995. The monoisotopic (exact) mass is 408 g/mol. The van der Waals surface area contributed by atoms with E-state index in [1.54, 1.807) is 0 Å². The fraction of sp³-hybridized carbons (Fsp3) is 0.400. The van der Waals surface area contributed by atoms with Gasteiger partial charge in [-0.3, -0.25) is 0 Å². The van der Waals surface area contributed by atoms with E-state index in [9.17, 15) is 13.2 Å². The third kappa shape index (κ3) is 3.73. The van der Waals surface area contributed by atoms with Gasteiger partial charge in [-0.15, -0.1) is 0 Å². The first-order valence-electron chi connectivity index (χ1n) is 9.19. The molecule has 0 N–H and O–H groups in total. The highest BCUT2D eigenvalue weighted by Crippen LogP contribution is 2.31. The van der Waals surface area contributed by atoms with E-state index in [1.807, 2.05) is 18.2 Å². The molecule has 1 aliphatic rings. The van der Waals surface area contributed by atoms with Gasteiger partial charge >= 0.3 is 6.18 Å². The van der Waals surface area contributed by atoms with Crippen molar-refractivity contribution in [3.05, 3.63) is 58.3 Å². The summed E-state index contributed by atoms with van der Waals surface area (Å²) in [5.74, 6) is -1.10. The second-order valence-electron chi connectivity index (χ2n) is 7.20. The lowest BCUT2D eigenvalue weighted by Crippen LogP contribution is -2.21. The number of benzene rings is 1. The van der Waals surface area contributed by atoms with Crippen LogP contribution in [0.5, 0.6) is 0 Å². The zero-order valence-electron chi connectivity index (χ0n) is 15.4. The van der Waals surface area contributed by atoms with Gasteiger partial charge in [-0.1, -0.05) is 11.6 Å². The molecule has 148 valence electrons. The Kier molecular flexibility index (Phi) is 5.05. The molecule has 0 bridgehead atoms.